The molecule has 1 aliphatic heterocycles. The van der Waals surface area contributed by atoms with E-state index in [1.807, 2.05) is 18.2 Å². The lowest BCUT2D eigenvalue weighted by atomic mass is 10.1. The van der Waals surface area contributed by atoms with Gasteiger partial charge in [-0.05, 0) is 24.5 Å². The van der Waals surface area contributed by atoms with Gasteiger partial charge < -0.3 is 5.73 Å². The molecule has 2 aromatic rings. The van der Waals surface area contributed by atoms with Crippen LogP contribution in [0.4, 0.5) is 5.69 Å². The highest BCUT2D eigenvalue weighted by Crippen LogP contribution is 2.23. The van der Waals surface area contributed by atoms with Crippen molar-refractivity contribution in [1.29, 1.82) is 0 Å². The van der Waals surface area contributed by atoms with Crippen LogP contribution in [0.15, 0.2) is 24.3 Å². The van der Waals surface area contributed by atoms with Gasteiger partial charge in [-0.3, -0.25) is 5.10 Å². The summed E-state index contributed by atoms with van der Waals surface area (Å²) in [5.74, 6) is 1.99. The Kier molecular flexibility index (Phi) is 3.21. The molecule has 1 aromatic carbocycles. The molecule has 7 heteroatoms. The SMILES string of the molecule is Nc1cccc(-c2n[nH]c(CC3CCS(=O)(=O)C3)n2)c1. The monoisotopic (exact) mass is 292 g/mol. The molecule has 6 nitrogen and oxygen atoms in total. The van der Waals surface area contributed by atoms with Crippen molar-refractivity contribution >= 4 is 15.5 Å². The summed E-state index contributed by atoms with van der Waals surface area (Å²) in [7, 11) is -2.85. The van der Waals surface area contributed by atoms with Gasteiger partial charge in [-0.15, -0.1) is 0 Å². The lowest BCUT2D eigenvalue weighted by Crippen LogP contribution is -2.08. The molecule has 106 valence electrons. The van der Waals surface area contributed by atoms with Crippen LogP contribution in [0.1, 0.15) is 12.2 Å². The summed E-state index contributed by atoms with van der Waals surface area (Å²) < 4.78 is 22.9. The molecule has 1 fully saturated rings. The molecule has 3 N–H and O–H groups in total. The maximum Gasteiger partial charge on any atom is 0.181 e. The van der Waals surface area contributed by atoms with Crippen molar-refractivity contribution in [3.63, 3.8) is 0 Å². The third-order valence-electron chi connectivity index (χ3n) is 3.49. The van der Waals surface area contributed by atoms with Crippen molar-refractivity contribution in [3.8, 4) is 11.4 Å². The number of anilines is 1. The minimum atomic E-state index is -2.85. The van der Waals surface area contributed by atoms with Gasteiger partial charge in [-0.25, -0.2) is 13.4 Å². The average molecular weight is 292 g/mol. The molecule has 1 aromatic heterocycles. The van der Waals surface area contributed by atoms with Gasteiger partial charge in [-0.1, -0.05) is 12.1 Å². The fourth-order valence-electron chi connectivity index (χ4n) is 2.50. The molecule has 0 spiro atoms. The van der Waals surface area contributed by atoms with Gasteiger partial charge in [0.2, 0.25) is 0 Å². The van der Waals surface area contributed by atoms with E-state index >= 15 is 0 Å². The topological polar surface area (TPSA) is 102 Å². The van der Waals surface area contributed by atoms with Gasteiger partial charge >= 0.3 is 0 Å². The predicted octanol–water partition coefficient (Wildman–Crippen LogP) is 1.03. The van der Waals surface area contributed by atoms with Crippen molar-refractivity contribution < 1.29 is 8.42 Å². The van der Waals surface area contributed by atoms with Gasteiger partial charge in [-0.2, -0.15) is 5.10 Å². The van der Waals surface area contributed by atoms with Crippen molar-refractivity contribution in [3.05, 3.63) is 30.1 Å². The molecule has 0 amide bonds. The molecule has 20 heavy (non-hydrogen) atoms. The van der Waals surface area contributed by atoms with Crippen LogP contribution in [0.2, 0.25) is 0 Å². The molecular formula is C13H16N4O2S. The van der Waals surface area contributed by atoms with E-state index in [-0.39, 0.29) is 17.4 Å². The highest BCUT2D eigenvalue weighted by atomic mass is 32.2. The number of aromatic nitrogens is 3. The minimum absolute atomic E-state index is 0.140. The summed E-state index contributed by atoms with van der Waals surface area (Å²) in [6.45, 7) is 0. The molecule has 0 bridgehead atoms. The molecule has 1 unspecified atom stereocenters. The molecular weight excluding hydrogens is 276 g/mol. The van der Waals surface area contributed by atoms with E-state index in [0.29, 0.717) is 24.4 Å². The number of nitrogens with one attached hydrogen (secondary N) is 1. The second-order valence-corrected chi connectivity index (χ2v) is 7.43. The maximum atomic E-state index is 11.4. The largest absolute Gasteiger partial charge is 0.399 e. The summed E-state index contributed by atoms with van der Waals surface area (Å²) in [4.78, 5) is 4.42. The zero-order valence-electron chi connectivity index (χ0n) is 10.9. The fourth-order valence-corrected chi connectivity index (χ4v) is 4.36. The Balaban J connectivity index is 1.74. The van der Waals surface area contributed by atoms with Gasteiger partial charge in [0.05, 0.1) is 11.5 Å². The van der Waals surface area contributed by atoms with E-state index in [4.69, 9.17) is 5.73 Å². The Morgan fingerprint density at radius 3 is 2.95 bits per heavy atom. The first-order chi connectivity index (χ1) is 9.52. The van der Waals surface area contributed by atoms with E-state index in [0.717, 1.165) is 11.4 Å². The number of nitrogens with zero attached hydrogens (tertiary/aromatic N) is 2. The zero-order valence-corrected chi connectivity index (χ0v) is 11.7. The third kappa shape index (κ3) is 2.82. The van der Waals surface area contributed by atoms with Gasteiger partial charge in [0.25, 0.3) is 0 Å². The highest BCUT2D eigenvalue weighted by molar-refractivity contribution is 7.91. The Bertz CT molecular complexity index is 723. The number of aromatic amines is 1. The minimum Gasteiger partial charge on any atom is -0.399 e. The summed E-state index contributed by atoms with van der Waals surface area (Å²) in [6.07, 6.45) is 1.32. The van der Waals surface area contributed by atoms with Crippen LogP contribution >= 0.6 is 0 Å². The number of sulfone groups is 1. The Morgan fingerprint density at radius 1 is 1.40 bits per heavy atom. The number of nitrogens with two attached hydrogens (primary N) is 1. The number of nitrogen functional groups attached to an aromatic ring is 1. The lowest BCUT2D eigenvalue weighted by molar-refractivity contribution is 0.570. The molecule has 1 aliphatic rings. The van der Waals surface area contributed by atoms with E-state index in [9.17, 15) is 8.42 Å². The summed E-state index contributed by atoms with van der Waals surface area (Å²) in [6, 6.07) is 7.36. The van der Waals surface area contributed by atoms with E-state index in [2.05, 4.69) is 15.2 Å². The molecule has 3 rings (SSSR count). The molecule has 1 atom stereocenters. The van der Waals surface area contributed by atoms with Gasteiger partial charge in [0, 0.05) is 17.7 Å². The van der Waals surface area contributed by atoms with Crippen LogP contribution in [0.3, 0.4) is 0 Å². The summed E-state index contributed by atoms with van der Waals surface area (Å²) >= 11 is 0. The van der Waals surface area contributed by atoms with Crippen molar-refractivity contribution in [1.82, 2.24) is 15.2 Å². The summed E-state index contributed by atoms with van der Waals surface area (Å²) in [5.41, 5.74) is 7.25. The number of hydrogen-bond donors (Lipinski definition) is 2. The molecule has 1 saturated heterocycles. The Hall–Kier alpha value is -1.89. The van der Waals surface area contributed by atoms with Crippen LogP contribution in [0.25, 0.3) is 11.4 Å². The maximum absolute atomic E-state index is 11.4. The van der Waals surface area contributed by atoms with Crippen LogP contribution in [0, 0.1) is 5.92 Å². The van der Waals surface area contributed by atoms with Crippen molar-refractivity contribution in [2.75, 3.05) is 17.2 Å². The predicted molar refractivity (Wildman–Crippen MR) is 76.7 cm³/mol. The summed E-state index contributed by atoms with van der Waals surface area (Å²) in [5, 5.41) is 7.05. The normalized spacial score (nSPS) is 21.1. The highest BCUT2D eigenvalue weighted by Gasteiger charge is 2.28. The van der Waals surface area contributed by atoms with Crippen LogP contribution in [-0.4, -0.2) is 35.1 Å². The van der Waals surface area contributed by atoms with Crippen LogP contribution < -0.4 is 5.73 Å². The first-order valence-corrected chi connectivity index (χ1v) is 8.31. The van der Waals surface area contributed by atoms with Crippen LogP contribution in [-0.2, 0) is 16.3 Å². The molecule has 0 saturated carbocycles. The molecule has 0 aliphatic carbocycles. The fraction of sp³-hybridized carbons (Fsp3) is 0.385. The first-order valence-electron chi connectivity index (χ1n) is 6.49. The van der Waals surface area contributed by atoms with Gasteiger partial charge in [0.15, 0.2) is 15.7 Å². The lowest BCUT2D eigenvalue weighted by Gasteiger charge is -2.02. The van der Waals surface area contributed by atoms with E-state index in [1.54, 1.807) is 6.07 Å². The number of hydrogen-bond acceptors (Lipinski definition) is 5. The Morgan fingerprint density at radius 2 is 2.25 bits per heavy atom. The number of rotatable bonds is 3. The molecule has 2 heterocycles. The van der Waals surface area contributed by atoms with Crippen molar-refractivity contribution in [2.45, 2.75) is 12.8 Å². The standard InChI is InChI=1S/C13H16N4O2S/c14-11-3-1-2-10(7-11)13-15-12(16-17-13)6-9-4-5-20(18,19)8-9/h1-3,7,9H,4-6,8,14H2,(H,15,16,17). The van der Waals surface area contributed by atoms with E-state index in [1.165, 1.54) is 0 Å². The zero-order chi connectivity index (χ0) is 14.2. The third-order valence-corrected chi connectivity index (χ3v) is 5.32. The quantitative estimate of drug-likeness (QED) is 0.823. The average Bonchev–Trinajstić information content (AvgIpc) is 2.97. The van der Waals surface area contributed by atoms with Crippen molar-refractivity contribution in [2.24, 2.45) is 5.92 Å². The first kappa shape index (κ1) is 13.1. The number of benzene rings is 1. The smallest absolute Gasteiger partial charge is 0.181 e. The second-order valence-electron chi connectivity index (χ2n) is 5.20. The molecule has 0 radical (unpaired) electrons. The van der Waals surface area contributed by atoms with E-state index < -0.39 is 9.84 Å². The van der Waals surface area contributed by atoms with Gasteiger partial charge in [0.1, 0.15) is 5.82 Å². The second kappa shape index (κ2) is 4.90. The van der Waals surface area contributed by atoms with Crippen LogP contribution in [0.5, 0.6) is 0 Å². The Labute approximate surface area is 117 Å². The number of H-pyrrole nitrogens is 1.